The first-order valence-corrected chi connectivity index (χ1v) is 21.8. The molecule has 0 saturated carbocycles. The van der Waals surface area contributed by atoms with Crippen molar-refractivity contribution in [3.8, 4) is 0 Å². The van der Waals surface area contributed by atoms with Crippen LogP contribution in [0.2, 0.25) is 0 Å². The minimum atomic E-state index is -4.87. The van der Waals surface area contributed by atoms with Crippen LogP contribution in [0, 0.1) is 0 Å². The van der Waals surface area contributed by atoms with Crippen molar-refractivity contribution in [1.29, 1.82) is 0 Å². The van der Waals surface area contributed by atoms with Crippen LogP contribution in [-0.2, 0) is 39.0 Å². The standard InChI is InChI=1S/C30H38N12O16S4/c43-15-21(45)13-33-27-37-25(31-7-9-59-57-55-47)39-30(42-27)36-20-6-4-18(24(12-20)62(52,53)54)2-1-17-3-5-19(11-23(17)60-58-56-48)35-29-40-26(32-8-10-61(49,50)51)38-28(41-29)34-14-22(46)16-44/h1-7,11-12,21-22,43-48H,8-10,13-16H2,(H,49,50,51)(H,52,53,54)(H2,33,36,37,39,42)(H3,32,34,35,38,40,41)/b2-1+,31-7+. The van der Waals surface area contributed by atoms with Crippen molar-refractivity contribution in [2.75, 3.05) is 70.9 Å². The maximum atomic E-state index is 12.6. The maximum absolute atomic E-state index is 12.6. The van der Waals surface area contributed by atoms with Gasteiger partial charge in [-0.3, -0.25) is 9.11 Å². The van der Waals surface area contributed by atoms with Gasteiger partial charge < -0.3 is 47.0 Å². The van der Waals surface area contributed by atoms with Crippen LogP contribution in [0.5, 0.6) is 0 Å². The van der Waals surface area contributed by atoms with E-state index in [0.29, 0.717) is 35.3 Å². The largest absolute Gasteiger partial charge is 0.394 e. The molecule has 62 heavy (non-hydrogen) atoms. The predicted molar refractivity (Wildman–Crippen MR) is 222 cm³/mol. The topological polar surface area (TPSA) is 417 Å². The van der Waals surface area contributed by atoms with Gasteiger partial charge in [0.25, 0.3) is 26.2 Å². The van der Waals surface area contributed by atoms with E-state index in [1.54, 1.807) is 0 Å². The second-order valence-electron chi connectivity index (χ2n) is 11.8. The molecule has 13 N–H and O–H groups in total. The van der Waals surface area contributed by atoms with Crippen LogP contribution in [0.1, 0.15) is 11.1 Å². The van der Waals surface area contributed by atoms with Crippen molar-refractivity contribution in [3.05, 3.63) is 47.5 Å². The molecule has 0 aliphatic carbocycles. The lowest BCUT2D eigenvalue weighted by Gasteiger charge is -2.13. The van der Waals surface area contributed by atoms with E-state index in [-0.39, 0.29) is 77.2 Å². The number of aliphatic hydroxyl groups is 4. The highest BCUT2D eigenvalue weighted by atomic mass is 32.2. The van der Waals surface area contributed by atoms with Crippen LogP contribution in [0.15, 0.2) is 51.2 Å². The second kappa shape index (κ2) is 24.6. The molecule has 4 rings (SSSR count). The minimum absolute atomic E-state index is 0.00828. The summed E-state index contributed by atoms with van der Waals surface area (Å²) in [6.45, 7) is -1.73. The van der Waals surface area contributed by atoms with Crippen molar-refractivity contribution >= 4 is 110 Å². The molecule has 2 aromatic carbocycles. The Kier molecular flexibility index (Phi) is 19.7. The van der Waals surface area contributed by atoms with E-state index in [1.165, 1.54) is 48.7 Å². The average Bonchev–Trinajstić information content (AvgIpc) is 3.22. The lowest BCUT2D eigenvalue weighted by atomic mass is 10.1. The summed E-state index contributed by atoms with van der Waals surface area (Å²) in [5, 5.41) is 75.9. The van der Waals surface area contributed by atoms with E-state index in [9.17, 15) is 31.6 Å². The summed E-state index contributed by atoms with van der Waals surface area (Å²) in [7, 11) is -9.19. The Labute approximate surface area is 359 Å². The summed E-state index contributed by atoms with van der Waals surface area (Å²) in [4.78, 5) is 28.6. The van der Waals surface area contributed by atoms with Gasteiger partial charge in [0, 0.05) is 54.2 Å². The number of anilines is 7. The summed E-state index contributed by atoms with van der Waals surface area (Å²) in [5.41, 5.74) is 0.757. The van der Waals surface area contributed by atoms with Crippen LogP contribution >= 0.6 is 24.1 Å². The fraction of sp³-hybridized carbons (Fsp3) is 0.300. The SMILES string of the molecule is O=S(=O)(O)CCNc1nc(NCC(O)CO)nc(Nc2ccc(/C=C/c3ccc(Nc4nc(/N=C/CSOOO)nc(NCC(O)CO)n4)cc3S(=O)(=O)O)c(SOOO)c2)n1. The molecular weight excluding hydrogens is 913 g/mol. The summed E-state index contributed by atoms with van der Waals surface area (Å²) < 4.78 is 75.7. The van der Waals surface area contributed by atoms with E-state index in [1.807, 2.05) is 0 Å². The Balaban J connectivity index is 1.61. The zero-order valence-corrected chi connectivity index (χ0v) is 34.7. The van der Waals surface area contributed by atoms with Crippen molar-refractivity contribution in [2.24, 2.45) is 4.99 Å². The van der Waals surface area contributed by atoms with Gasteiger partial charge in [0.2, 0.25) is 29.7 Å². The Morgan fingerprint density at radius 3 is 1.84 bits per heavy atom. The van der Waals surface area contributed by atoms with Gasteiger partial charge in [-0.15, -0.1) is 8.67 Å². The molecule has 0 aliphatic heterocycles. The molecular formula is C30H38N12O16S4. The quantitative estimate of drug-likeness (QED) is 0.00754. The number of aromatic nitrogens is 6. The van der Waals surface area contributed by atoms with Gasteiger partial charge in [-0.1, -0.05) is 34.4 Å². The predicted octanol–water partition coefficient (Wildman–Crippen LogP) is 0.991. The molecule has 4 aromatic rings. The molecule has 2 unspecified atom stereocenters. The third-order valence-corrected chi connectivity index (χ3v) is 9.89. The van der Waals surface area contributed by atoms with Gasteiger partial charge in [0.15, 0.2) is 0 Å². The first kappa shape index (κ1) is 49.6. The summed E-state index contributed by atoms with van der Waals surface area (Å²) in [6, 6.07) is 8.43. The molecule has 2 heterocycles. The van der Waals surface area contributed by atoms with E-state index < -0.39 is 56.3 Å². The number of hydrogen-bond acceptors (Lipinski definition) is 28. The van der Waals surface area contributed by atoms with E-state index >= 15 is 0 Å². The minimum Gasteiger partial charge on any atom is -0.394 e. The van der Waals surface area contributed by atoms with Gasteiger partial charge >= 0.3 is 0 Å². The Morgan fingerprint density at radius 2 is 1.24 bits per heavy atom. The highest BCUT2D eigenvalue weighted by Crippen LogP contribution is 2.31. The zero-order valence-electron chi connectivity index (χ0n) is 31.4. The van der Waals surface area contributed by atoms with Crippen LogP contribution < -0.4 is 26.6 Å². The van der Waals surface area contributed by atoms with E-state index in [2.05, 4.69) is 80.2 Å². The highest BCUT2D eigenvalue weighted by Gasteiger charge is 2.18. The summed E-state index contributed by atoms with van der Waals surface area (Å²) in [6.07, 6.45) is 1.77. The summed E-state index contributed by atoms with van der Waals surface area (Å²) in [5.74, 6) is -1.32. The Hall–Kier alpha value is -5.01. The Bertz CT molecular complexity index is 2370. The van der Waals surface area contributed by atoms with Gasteiger partial charge in [0.05, 0.1) is 49.0 Å². The van der Waals surface area contributed by atoms with Crippen molar-refractivity contribution < 1.29 is 75.6 Å². The van der Waals surface area contributed by atoms with Crippen molar-refractivity contribution in [3.63, 3.8) is 0 Å². The first-order chi connectivity index (χ1) is 29.6. The van der Waals surface area contributed by atoms with Crippen LogP contribution in [0.3, 0.4) is 0 Å². The number of hydrogen-bond donors (Lipinski definition) is 13. The molecule has 338 valence electrons. The monoisotopic (exact) mass is 950 g/mol. The van der Waals surface area contributed by atoms with E-state index in [0.717, 1.165) is 6.07 Å². The molecule has 28 nitrogen and oxygen atoms in total. The number of aliphatic hydroxyl groups excluding tert-OH is 4. The van der Waals surface area contributed by atoms with Crippen molar-refractivity contribution in [2.45, 2.75) is 22.0 Å². The molecule has 0 bridgehead atoms. The lowest BCUT2D eigenvalue weighted by molar-refractivity contribution is -0.432. The number of rotatable bonds is 27. The first-order valence-electron chi connectivity index (χ1n) is 17.1. The molecule has 32 heteroatoms. The van der Waals surface area contributed by atoms with Gasteiger partial charge in [0.1, 0.15) is 4.90 Å². The normalized spacial score (nSPS) is 13.0. The second-order valence-corrected chi connectivity index (χ2v) is 16.2. The maximum Gasteiger partial charge on any atom is 0.295 e. The molecule has 2 aromatic heterocycles. The zero-order chi connectivity index (χ0) is 45.1. The van der Waals surface area contributed by atoms with Crippen LogP contribution in [-0.4, -0.2) is 150 Å². The molecule has 0 spiro atoms. The molecule has 0 fully saturated rings. The molecule has 2 atom stereocenters. The number of nitrogens with one attached hydrogen (secondary N) is 5. The van der Waals surface area contributed by atoms with Gasteiger partial charge in [-0.2, -0.15) is 46.7 Å². The molecule has 0 aliphatic rings. The smallest absolute Gasteiger partial charge is 0.295 e. The number of nitrogens with zero attached hydrogens (tertiary/aromatic N) is 7. The fourth-order valence-corrected chi connectivity index (χ4v) is 6.28. The summed E-state index contributed by atoms with van der Waals surface area (Å²) >= 11 is 1.22. The molecule has 0 radical (unpaired) electrons. The van der Waals surface area contributed by atoms with Crippen LogP contribution in [0.25, 0.3) is 12.2 Å². The third-order valence-electron chi connectivity index (χ3n) is 7.16. The van der Waals surface area contributed by atoms with Gasteiger partial charge in [-0.25, -0.2) is 15.5 Å². The van der Waals surface area contributed by atoms with Crippen LogP contribution in [0.4, 0.5) is 47.1 Å². The van der Waals surface area contributed by atoms with Crippen molar-refractivity contribution in [1.82, 2.24) is 29.9 Å². The van der Waals surface area contributed by atoms with Gasteiger partial charge in [-0.05, 0) is 35.4 Å². The molecule has 0 saturated heterocycles. The number of benzene rings is 2. The highest BCUT2D eigenvalue weighted by molar-refractivity contribution is 7.95. The lowest BCUT2D eigenvalue weighted by Crippen LogP contribution is -2.24. The fourth-order valence-electron chi connectivity index (χ4n) is 4.47. The van der Waals surface area contributed by atoms with E-state index in [4.69, 9.17) is 25.3 Å². The molecule has 0 amide bonds. The third kappa shape index (κ3) is 17.4. The number of aliphatic imine (C=N–C) groups is 1. The Morgan fingerprint density at radius 1 is 0.710 bits per heavy atom. The average molecular weight is 951 g/mol.